The van der Waals surface area contributed by atoms with Gasteiger partial charge in [-0.2, -0.15) is 5.10 Å². The van der Waals surface area contributed by atoms with Crippen LogP contribution in [0.2, 0.25) is 0 Å². The predicted molar refractivity (Wildman–Crippen MR) is 185 cm³/mol. The number of aromatic nitrogens is 2. The van der Waals surface area contributed by atoms with Gasteiger partial charge in [-0.15, -0.1) is 0 Å². The fourth-order valence-electron chi connectivity index (χ4n) is 2.94. The maximum Gasteiger partial charge on any atom is 0.118 e. The fourth-order valence-corrected chi connectivity index (χ4v) is 2.94. The minimum Gasteiger partial charge on any atom is -0.391 e. The first kappa shape index (κ1) is 45.3. The van der Waals surface area contributed by atoms with Gasteiger partial charge in [-0.05, 0) is 78.4 Å². The molecule has 1 aromatic heterocycles. The molecule has 0 aliphatic heterocycles. The number of ether oxygens (including phenoxy) is 1. The minimum absolute atomic E-state index is 0.298. The van der Waals surface area contributed by atoms with Crippen LogP contribution in [0.15, 0.2) is 55.1 Å². The van der Waals surface area contributed by atoms with E-state index in [1.54, 1.807) is 20.1 Å². The summed E-state index contributed by atoms with van der Waals surface area (Å²) in [6, 6.07) is 0. The van der Waals surface area contributed by atoms with Gasteiger partial charge < -0.3 is 15.0 Å². The molecule has 0 unspecified atom stereocenters. The van der Waals surface area contributed by atoms with Crippen LogP contribution in [0, 0.1) is 0 Å². The number of methoxy groups -OCH3 is 1. The van der Waals surface area contributed by atoms with Gasteiger partial charge in [0.25, 0.3) is 0 Å². The van der Waals surface area contributed by atoms with E-state index in [-0.39, 0.29) is 5.83 Å². The lowest BCUT2D eigenvalue weighted by Gasteiger charge is -2.16. The monoisotopic (exact) mass is 577 g/mol. The Morgan fingerprint density at radius 1 is 1.07 bits per heavy atom. The number of unbranched alkanes of at least 4 members (excludes halogenated alkanes) is 2. The molecule has 6 heteroatoms. The number of rotatable bonds is 14. The highest BCUT2D eigenvalue weighted by Gasteiger charge is 2.02. The second kappa shape index (κ2) is 35.3. The molecule has 1 heterocycles. The first-order valence-corrected chi connectivity index (χ1v) is 15.1. The molecular formula is C35H65FN4O. The van der Waals surface area contributed by atoms with Crippen LogP contribution < -0.4 is 15.9 Å². The lowest BCUT2D eigenvalue weighted by Crippen LogP contribution is -2.22. The molecule has 0 atom stereocenters. The number of allylic oxidation sites excluding steroid dienone is 6. The van der Waals surface area contributed by atoms with Gasteiger partial charge in [-0.25, -0.2) is 4.39 Å². The summed E-state index contributed by atoms with van der Waals surface area (Å²) in [5, 5.41) is 11.7. The Kier molecular flexibility index (Phi) is 39.0. The van der Waals surface area contributed by atoms with Crippen LogP contribution in [0.4, 0.5) is 4.39 Å². The standard InChI is InChI=1S/C13H15FN2.C12H24N2.C5H12O.C3H8.C2H6/c1-5-11(14)8-7-9(3)13-12(6-2)10(4)15-16-13;1-5-8-13-9-6-7-10-14(4)11-12(2)3;1-3-4-5-6-2;1-3-2;1-2/h5-8,15H,3-4H2,1-2H3;5,8,13H,2,6-7,9-11H2,1,3-4H3;3-5H2,1-2H3;3H2,1-2H3;1-2H3/b8-7-,11-5+,12-6+;8-5+;;;. The quantitative estimate of drug-likeness (QED) is 0.133. The third-order valence-corrected chi connectivity index (χ3v) is 4.83. The van der Waals surface area contributed by atoms with E-state index in [0.717, 1.165) is 36.8 Å². The van der Waals surface area contributed by atoms with Crippen molar-refractivity contribution in [3.8, 4) is 0 Å². The Balaban J connectivity index is -0.000000248. The van der Waals surface area contributed by atoms with E-state index in [0.29, 0.717) is 11.3 Å². The van der Waals surface area contributed by atoms with Gasteiger partial charge in [0.15, 0.2) is 0 Å². The van der Waals surface area contributed by atoms with Gasteiger partial charge in [0.1, 0.15) is 5.83 Å². The first-order valence-electron chi connectivity index (χ1n) is 15.1. The predicted octanol–water partition coefficient (Wildman–Crippen LogP) is 8.34. The number of nitrogens with zero attached hydrogens (tertiary/aromatic N) is 2. The van der Waals surface area contributed by atoms with E-state index < -0.39 is 0 Å². The summed E-state index contributed by atoms with van der Waals surface area (Å²) < 4.78 is 17.7. The van der Waals surface area contributed by atoms with Crippen molar-refractivity contribution >= 4 is 18.2 Å². The molecule has 5 nitrogen and oxygen atoms in total. The van der Waals surface area contributed by atoms with Crippen LogP contribution in [0.5, 0.6) is 0 Å². The van der Waals surface area contributed by atoms with E-state index in [1.165, 1.54) is 49.8 Å². The Morgan fingerprint density at radius 3 is 2.12 bits per heavy atom. The molecule has 1 rings (SSSR count). The first-order chi connectivity index (χ1) is 19.6. The Labute approximate surface area is 253 Å². The molecule has 0 aliphatic carbocycles. The molecule has 0 saturated heterocycles. The van der Waals surface area contributed by atoms with Crippen LogP contribution in [0.3, 0.4) is 0 Å². The minimum atomic E-state index is -0.298. The van der Waals surface area contributed by atoms with Crippen molar-refractivity contribution in [1.82, 2.24) is 20.4 Å². The summed E-state index contributed by atoms with van der Waals surface area (Å²) in [5.74, 6) is -0.298. The molecule has 0 amide bonds. The number of hydrogen-bond donors (Lipinski definition) is 2. The van der Waals surface area contributed by atoms with Crippen LogP contribution in [-0.4, -0.2) is 55.5 Å². The van der Waals surface area contributed by atoms with Crippen molar-refractivity contribution in [2.45, 2.75) is 94.4 Å². The van der Waals surface area contributed by atoms with Crippen molar-refractivity contribution in [2.75, 3.05) is 40.4 Å². The van der Waals surface area contributed by atoms with Crippen molar-refractivity contribution in [2.24, 2.45) is 0 Å². The number of H-pyrrole nitrogens is 1. The fraction of sp³-hybridized carbons (Fsp3) is 0.571. The average molecular weight is 577 g/mol. The van der Waals surface area contributed by atoms with E-state index in [2.05, 4.69) is 74.9 Å². The SMILES string of the molecule is C=C(/C=C\C(F)=C/C)c1n[nH]c(=C)/c1=C\C.C=C(C)CN(C)CCCCN/C=C/C.CC.CCC.CCCCOC. The van der Waals surface area contributed by atoms with Gasteiger partial charge in [-0.1, -0.05) is 97.1 Å². The van der Waals surface area contributed by atoms with Gasteiger partial charge in [-0.3, -0.25) is 5.10 Å². The second-order valence-electron chi connectivity index (χ2n) is 9.19. The van der Waals surface area contributed by atoms with Gasteiger partial charge in [0.05, 0.1) is 11.0 Å². The summed E-state index contributed by atoms with van der Waals surface area (Å²) in [6.07, 6.45) is 16.4. The van der Waals surface area contributed by atoms with Gasteiger partial charge in [0.2, 0.25) is 0 Å². The van der Waals surface area contributed by atoms with Crippen LogP contribution in [0.25, 0.3) is 18.2 Å². The molecule has 0 bridgehead atoms. The number of nitrogens with one attached hydrogen (secondary N) is 2. The molecule has 0 fully saturated rings. The molecule has 0 aromatic carbocycles. The summed E-state index contributed by atoms with van der Waals surface area (Å²) >= 11 is 0. The smallest absolute Gasteiger partial charge is 0.118 e. The van der Waals surface area contributed by atoms with Gasteiger partial charge in [0, 0.05) is 32.0 Å². The molecule has 0 radical (unpaired) electrons. The highest BCUT2D eigenvalue weighted by molar-refractivity contribution is 5.70. The van der Waals surface area contributed by atoms with E-state index in [4.69, 9.17) is 4.74 Å². The molecule has 41 heavy (non-hydrogen) atoms. The molecule has 1 aromatic rings. The van der Waals surface area contributed by atoms with Gasteiger partial charge >= 0.3 is 0 Å². The second-order valence-corrected chi connectivity index (χ2v) is 9.19. The summed E-state index contributed by atoms with van der Waals surface area (Å²) in [4.78, 5) is 2.32. The highest BCUT2D eigenvalue weighted by Crippen LogP contribution is 2.07. The third kappa shape index (κ3) is 31.7. The van der Waals surface area contributed by atoms with Crippen molar-refractivity contribution in [3.63, 3.8) is 0 Å². The summed E-state index contributed by atoms with van der Waals surface area (Å²) in [6.45, 7) is 33.7. The molecule has 2 N–H and O–H groups in total. The molecular weight excluding hydrogens is 511 g/mol. The summed E-state index contributed by atoms with van der Waals surface area (Å²) in [5.41, 5.74) is 2.59. The lowest BCUT2D eigenvalue weighted by molar-refractivity contribution is 0.194. The van der Waals surface area contributed by atoms with Crippen LogP contribution in [0.1, 0.15) is 100 Å². The Bertz CT molecular complexity index is 924. The lowest BCUT2D eigenvalue weighted by atomic mass is 10.1. The topological polar surface area (TPSA) is 53.2 Å². The number of aromatic amines is 1. The van der Waals surface area contributed by atoms with Crippen molar-refractivity contribution in [3.05, 3.63) is 71.3 Å². The molecule has 0 aliphatic rings. The zero-order chi connectivity index (χ0) is 32.5. The molecule has 238 valence electrons. The maximum atomic E-state index is 12.9. The van der Waals surface area contributed by atoms with Crippen molar-refractivity contribution < 1.29 is 9.13 Å². The number of hydrogen-bond acceptors (Lipinski definition) is 4. The van der Waals surface area contributed by atoms with E-state index in [1.807, 2.05) is 46.0 Å². The normalized spacial score (nSPS) is 11.0. The average Bonchev–Trinajstić information content (AvgIpc) is 3.34. The largest absolute Gasteiger partial charge is 0.391 e. The zero-order valence-electron chi connectivity index (χ0n) is 28.6. The van der Waals surface area contributed by atoms with E-state index >= 15 is 0 Å². The van der Waals surface area contributed by atoms with Crippen molar-refractivity contribution in [1.29, 1.82) is 0 Å². The number of likely N-dealkylation sites (N-methyl/N-ethyl adjacent to an activating group) is 1. The summed E-state index contributed by atoms with van der Waals surface area (Å²) in [7, 11) is 3.88. The van der Waals surface area contributed by atoms with Crippen LogP contribution in [-0.2, 0) is 4.74 Å². The Morgan fingerprint density at radius 2 is 1.68 bits per heavy atom. The zero-order valence-corrected chi connectivity index (χ0v) is 28.6. The van der Waals surface area contributed by atoms with Crippen LogP contribution >= 0.6 is 0 Å². The maximum absolute atomic E-state index is 12.9. The molecule has 0 spiro atoms. The van der Waals surface area contributed by atoms with E-state index in [9.17, 15) is 4.39 Å². The molecule has 0 saturated carbocycles. The third-order valence-electron chi connectivity index (χ3n) is 4.83. The highest BCUT2D eigenvalue weighted by atomic mass is 19.1. The Hall–Kier alpha value is -2.70. The number of halogens is 1.